The molecule has 0 saturated carbocycles. The fourth-order valence-corrected chi connectivity index (χ4v) is 2.50. The highest BCUT2D eigenvalue weighted by atomic mass is 19.3. The van der Waals surface area contributed by atoms with Gasteiger partial charge in [0.05, 0.1) is 6.10 Å². The molecule has 0 aliphatic carbocycles. The number of benzene rings is 1. The van der Waals surface area contributed by atoms with Gasteiger partial charge in [-0.2, -0.15) is 8.78 Å². The van der Waals surface area contributed by atoms with E-state index in [1.54, 1.807) is 24.3 Å². The minimum absolute atomic E-state index is 0.182. The van der Waals surface area contributed by atoms with Gasteiger partial charge in [-0.3, -0.25) is 0 Å². The first-order chi connectivity index (χ1) is 9.67. The number of hydrogen-bond acceptors (Lipinski definition) is 3. The van der Waals surface area contributed by atoms with Crippen LogP contribution in [0.2, 0.25) is 0 Å². The topological polar surface area (TPSA) is 30.5 Å². The van der Waals surface area contributed by atoms with Crippen LogP contribution in [0.1, 0.15) is 32.6 Å². The van der Waals surface area contributed by atoms with Crippen LogP contribution < -0.4 is 10.1 Å². The van der Waals surface area contributed by atoms with E-state index in [-0.39, 0.29) is 5.75 Å². The number of ether oxygens (including phenoxy) is 2. The van der Waals surface area contributed by atoms with Gasteiger partial charge in [0.15, 0.2) is 0 Å². The maximum Gasteiger partial charge on any atom is 0.387 e. The zero-order valence-electron chi connectivity index (χ0n) is 11.6. The number of anilines is 1. The average Bonchev–Trinajstić information content (AvgIpc) is 2.41. The Morgan fingerprint density at radius 1 is 1.35 bits per heavy atom. The molecule has 0 spiro atoms. The molecule has 1 aromatic carbocycles. The molecule has 1 fully saturated rings. The lowest BCUT2D eigenvalue weighted by molar-refractivity contribution is -0.0498. The smallest absolute Gasteiger partial charge is 0.387 e. The molecule has 5 heteroatoms. The van der Waals surface area contributed by atoms with E-state index < -0.39 is 6.61 Å². The Hall–Kier alpha value is -1.36. The quantitative estimate of drug-likeness (QED) is 0.855. The Labute approximate surface area is 118 Å². The Kier molecular flexibility index (Phi) is 5.59. The number of hydrogen-bond donors (Lipinski definition) is 1. The Balaban J connectivity index is 1.86. The third-order valence-corrected chi connectivity index (χ3v) is 3.43. The van der Waals surface area contributed by atoms with E-state index in [9.17, 15) is 8.78 Å². The summed E-state index contributed by atoms with van der Waals surface area (Å²) >= 11 is 0. The van der Waals surface area contributed by atoms with Crippen molar-refractivity contribution in [2.45, 2.75) is 51.4 Å². The fourth-order valence-electron chi connectivity index (χ4n) is 2.50. The van der Waals surface area contributed by atoms with Crippen LogP contribution in [0.5, 0.6) is 5.75 Å². The first kappa shape index (κ1) is 15.0. The Bertz CT molecular complexity index is 395. The maximum atomic E-state index is 12.1. The molecule has 112 valence electrons. The van der Waals surface area contributed by atoms with Crippen molar-refractivity contribution in [3.05, 3.63) is 24.3 Å². The summed E-state index contributed by atoms with van der Waals surface area (Å²) in [6.45, 7) is 0.149. The molecule has 1 aromatic rings. The summed E-state index contributed by atoms with van der Waals surface area (Å²) in [5, 5.41) is 3.43. The molecule has 1 N–H and O–H groups in total. The summed E-state index contributed by atoms with van der Waals surface area (Å²) in [5.41, 5.74) is 0.925. The molecule has 2 rings (SSSR count). The molecular weight excluding hydrogens is 264 g/mol. The lowest BCUT2D eigenvalue weighted by Crippen LogP contribution is -2.33. The molecule has 1 saturated heterocycles. The van der Waals surface area contributed by atoms with Crippen molar-refractivity contribution < 1.29 is 18.3 Å². The lowest BCUT2D eigenvalue weighted by atomic mass is 10.00. The van der Waals surface area contributed by atoms with Crippen molar-refractivity contribution >= 4 is 5.69 Å². The SMILES string of the molecule is CCCC1CC(Nc2ccc(OC(F)F)cc2)CCO1. The van der Waals surface area contributed by atoms with E-state index >= 15 is 0 Å². The van der Waals surface area contributed by atoms with Crippen molar-refractivity contribution in [1.82, 2.24) is 0 Å². The number of nitrogens with one attached hydrogen (secondary N) is 1. The molecule has 0 bridgehead atoms. The molecule has 2 unspecified atom stereocenters. The van der Waals surface area contributed by atoms with Gasteiger partial charge in [0, 0.05) is 18.3 Å². The summed E-state index contributed by atoms with van der Waals surface area (Å²) in [6.07, 6.45) is 4.49. The molecule has 1 heterocycles. The lowest BCUT2D eigenvalue weighted by Gasteiger charge is -2.30. The van der Waals surface area contributed by atoms with Crippen LogP contribution in [0, 0.1) is 0 Å². The van der Waals surface area contributed by atoms with Crippen LogP contribution >= 0.6 is 0 Å². The van der Waals surface area contributed by atoms with Crippen molar-refractivity contribution in [2.75, 3.05) is 11.9 Å². The second-order valence-electron chi connectivity index (χ2n) is 5.05. The van der Waals surface area contributed by atoms with Crippen LogP contribution in [0.3, 0.4) is 0 Å². The van der Waals surface area contributed by atoms with Gasteiger partial charge < -0.3 is 14.8 Å². The molecule has 1 aliphatic rings. The minimum atomic E-state index is -2.78. The molecule has 0 aromatic heterocycles. The Morgan fingerprint density at radius 2 is 2.10 bits per heavy atom. The summed E-state index contributed by atoms with van der Waals surface area (Å²) in [4.78, 5) is 0. The second-order valence-corrected chi connectivity index (χ2v) is 5.05. The predicted octanol–water partition coefficient (Wildman–Crippen LogP) is 4.05. The standard InChI is InChI=1S/C15H21F2NO2/c1-2-3-14-10-12(8-9-19-14)18-11-4-6-13(7-5-11)20-15(16)17/h4-7,12,14-15,18H,2-3,8-10H2,1H3. The maximum absolute atomic E-state index is 12.1. The highest BCUT2D eigenvalue weighted by Gasteiger charge is 2.21. The summed E-state index contributed by atoms with van der Waals surface area (Å²) in [6, 6.07) is 7.01. The zero-order valence-corrected chi connectivity index (χ0v) is 11.6. The van der Waals surface area contributed by atoms with Crippen LogP contribution in [-0.2, 0) is 4.74 Å². The van der Waals surface area contributed by atoms with Crippen molar-refractivity contribution in [1.29, 1.82) is 0 Å². The number of rotatable bonds is 6. The minimum Gasteiger partial charge on any atom is -0.435 e. The van der Waals surface area contributed by atoms with E-state index in [0.29, 0.717) is 12.1 Å². The van der Waals surface area contributed by atoms with E-state index in [1.807, 2.05) is 0 Å². The summed E-state index contributed by atoms with van der Waals surface area (Å²) in [7, 11) is 0. The van der Waals surface area contributed by atoms with Gasteiger partial charge in [0.1, 0.15) is 5.75 Å². The van der Waals surface area contributed by atoms with Crippen molar-refractivity contribution in [3.8, 4) is 5.75 Å². The number of halogens is 2. The first-order valence-corrected chi connectivity index (χ1v) is 7.10. The third kappa shape index (κ3) is 4.63. The largest absolute Gasteiger partial charge is 0.435 e. The molecule has 2 atom stereocenters. The molecule has 1 aliphatic heterocycles. The van der Waals surface area contributed by atoms with Crippen LogP contribution in [-0.4, -0.2) is 25.4 Å². The van der Waals surface area contributed by atoms with Crippen LogP contribution in [0.25, 0.3) is 0 Å². The van der Waals surface area contributed by atoms with Gasteiger partial charge in [0.2, 0.25) is 0 Å². The van der Waals surface area contributed by atoms with Crippen molar-refractivity contribution in [2.24, 2.45) is 0 Å². The molecule has 20 heavy (non-hydrogen) atoms. The predicted molar refractivity (Wildman–Crippen MR) is 74.4 cm³/mol. The fraction of sp³-hybridized carbons (Fsp3) is 0.600. The normalized spacial score (nSPS) is 22.8. The van der Waals surface area contributed by atoms with E-state index in [4.69, 9.17) is 4.74 Å². The van der Waals surface area contributed by atoms with Crippen LogP contribution in [0.4, 0.5) is 14.5 Å². The van der Waals surface area contributed by atoms with Gasteiger partial charge in [-0.1, -0.05) is 13.3 Å². The first-order valence-electron chi connectivity index (χ1n) is 7.10. The third-order valence-electron chi connectivity index (χ3n) is 3.43. The molecular formula is C15H21F2NO2. The molecule has 0 radical (unpaired) electrons. The van der Waals surface area contributed by atoms with Gasteiger partial charge >= 0.3 is 6.61 Å². The van der Waals surface area contributed by atoms with E-state index in [0.717, 1.165) is 38.0 Å². The highest BCUT2D eigenvalue weighted by Crippen LogP contribution is 2.23. The van der Waals surface area contributed by atoms with E-state index in [2.05, 4.69) is 17.0 Å². The van der Waals surface area contributed by atoms with Gasteiger partial charge in [-0.05, 0) is 43.5 Å². The summed E-state index contributed by atoms with van der Waals surface area (Å²) in [5.74, 6) is 0.182. The second kappa shape index (κ2) is 7.43. The zero-order chi connectivity index (χ0) is 14.4. The van der Waals surface area contributed by atoms with Gasteiger partial charge in [0.25, 0.3) is 0 Å². The Morgan fingerprint density at radius 3 is 2.75 bits per heavy atom. The highest BCUT2D eigenvalue weighted by molar-refractivity contribution is 5.47. The monoisotopic (exact) mass is 285 g/mol. The number of alkyl halides is 2. The molecule has 3 nitrogen and oxygen atoms in total. The van der Waals surface area contributed by atoms with E-state index in [1.165, 1.54) is 0 Å². The summed E-state index contributed by atoms with van der Waals surface area (Å²) < 4.78 is 34.1. The average molecular weight is 285 g/mol. The van der Waals surface area contributed by atoms with Gasteiger partial charge in [-0.15, -0.1) is 0 Å². The van der Waals surface area contributed by atoms with Crippen molar-refractivity contribution in [3.63, 3.8) is 0 Å². The molecule has 0 amide bonds. The van der Waals surface area contributed by atoms with Gasteiger partial charge in [-0.25, -0.2) is 0 Å². The van der Waals surface area contributed by atoms with Crippen LogP contribution in [0.15, 0.2) is 24.3 Å².